The Kier molecular flexibility index (Phi) is 7.37. The van der Waals surface area contributed by atoms with E-state index in [-0.39, 0.29) is 6.61 Å². The summed E-state index contributed by atoms with van der Waals surface area (Å²) in [7, 11) is 0. The maximum absolute atomic E-state index is 10.9. The summed E-state index contributed by atoms with van der Waals surface area (Å²) in [6.45, 7) is 2.32. The van der Waals surface area contributed by atoms with E-state index < -0.39 is 5.97 Å². The SMILES string of the molecule is Cc1cc(-c2cc(OCc3ccc(OCC(=N)c4ccccc4)cc3)ccc2/C=C/C(=O)O)no1. The molecule has 1 aromatic heterocycles. The number of rotatable bonds is 10. The van der Waals surface area contributed by atoms with Crippen molar-refractivity contribution in [3.05, 3.63) is 107 Å². The molecule has 4 aromatic rings. The van der Waals surface area contributed by atoms with Crippen LogP contribution >= 0.6 is 0 Å². The molecule has 0 aliphatic rings. The number of carboxylic acid groups (broad SMARTS) is 1. The molecule has 0 spiro atoms. The molecule has 7 heteroatoms. The van der Waals surface area contributed by atoms with Gasteiger partial charge in [0.15, 0.2) is 0 Å². The predicted octanol–water partition coefficient (Wildman–Crippen LogP) is 5.77. The minimum atomic E-state index is -1.03. The lowest BCUT2D eigenvalue weighted by Crippen LogP contribution is -2.11. The summed E-state index contributed by atoms with van der Waals surface area (Å²) in [5, 5.41) is 21.2. The van der Waals surface area contributed by atoms with Crippen molar-refractivity contribution in [3.8, 4) is 22.8 Å². The number of nitrogens with one attached hydrogen (secondary N) is 1. The number of aliphatic carboxylic acids is 1. The fraction of sp³-hybridized carbons (Fsp3) is 0.107. The molecule has 7 nitrogen and oxygen atoms in total. The van der Waals surface area contributed by atoms with Crippen LogP contribution in [0.1, 0.15) is 22.5 Å². The van der Waals surface area contributed by atoms with Crippen LogP contribution in [0.2, 0.25) is 0 Å². The molecule has 0 saturated heterocycles. The third-order valence-corrected chi connectivity index (χ3v) is 5.17. The molecule has 0 aliphatic heterocycles. The maximum Gasteiger partial charge on any atom is 0.328 e. The average Bonchev–Trinajstić information content (AvgIpc) is 3.32. The van der Waals surface area contributed by atoms with Crippen molar-refractivity contribution >= 4 is 17.8 Å². The molecule has 4 rings (SSSR count). The number of hydrogen-bond acceptors (Lipinski definition) is 6. The molecule has 0 atom stereocenters. The highest BCUT2D eigenvalue weighted by atomic mass is 16.5. The highest BCUT2D eigenvalue weighted by Gasteiger charge is 2.11. The van der Waals surface area contributed by atoms with Gasteiger partial charge in [0, 0.05) is 17.7 Å². The van der Waals surface area contributed by atoms with Gasteiger partial charge in [-0.1, -0.05) is 53.7 Å². The van der Waals surface area contributed by atoms with Gasteiger partial charge in [0.2, 0.25) is 0 Å². The predicted molar refractivity (Wildman–Crippen MR) is 133 cm³/mol. The second-order valence-electron chi connectivity index (χ2n) is 7.81. The summed E-state index contributed by atoms with van der Waals surface area (Å²) in [5.74, 6) is 0.912. The molecular formula is C28H24N2O5. The first-order chi connectivity index (χ1) is 17.0. The van der Waals surface area contributed by atoms with Crippen LogP contribution in [0.4, 0.5) is 0 Å². The van der Waals surface area contributed by atoms with Gasteiger partial charge < -0.3 is 24.5 Å². The second kappa shape index (κ2) is 11.0. The van der Waals surface area contributed by atoms with E-state index in [1.165, 1.54) is 6.08 Å². The summed E-state index contributed by atoms with van der Waals surface area (Å²) in [6.07, 6.45) is 2.60. The monoisotopic (exact) mass is 468 g/mol. The van der Waals surface area contributed by atoms with E-state index in [0.717, 1.165) is 17.2 Å². The van der Waals surface area contributed by atoms with Crippen molar-refractivity contribution in [2.75, 3.05) is 6.61 Å². The summed E-state index contributed by atoms with van der Waals surface area (Å²) in [4.78, 5) is 10.9. The Morgan fingerprint density at radius 1 is 1.00 bits per heavy atom. The van der Waals surface area contributed by atoms with Crippen LogP contribution in [-0.4, -0.2) is 28.6 Å². The number of nitrogens with zero attached hydrogens (tertiary/aromatic N) is 1. The molecule has 176 valence electrons. The van der Waals surface area contributed by atoms with Crippen molar-refractivity contribution in [1.82, 2.24) is 5.16 Å². The van der Waals surface area contributed by atoms with Crippen LogP contribution in [-0.2, 0) is 11.4 Å². The van der Waals surface area contributed by atoms with Crippen LogP contribution in [0.3, 0.4) is 0 Å². The minimum Gasteiger partial charge on any atom is -0.489 e. The summed E-state index contributed by atoms with van der Waals surface area (Å²) >= 11 is 0. The molecule has 0 unspecified atom stereocenters. The number of carbonyl (C=O) groups is 1. The van der Waals surface area contributed by atoms with Gasteiger partial charge in [-0.25, -0.2) is 4.79 Å². The Labute approximate surface area is 202 Å². The van der Waals surface area contributed by atoms with Crippen molar-refractivity contribution in [2.24, 2.45) is 0 Å². The topological polar surface area (TPSA) is 106 Å². The largest absolute Gasteiger partial charge is 0.489 e. The molecule has 2 N–H and O–H groups in total. The summed E-state index contributed by atoms with van der Waals surface area (Å²) in [5.41, 5.74) is 4.20. The highest BCUT2D eigenvalue weighted by molar-refractivity contribution is 5.99. The first kappa shape index (κ1) is 23.5. The number of aromatic nitrogens is 1. The average molecular weight is 469 g/mol. The highest BCUT2D eigenvalue weighted by Crippen LogP contribution is 2.29. The zero-order valence-corrected chi connectivity index (χ0v) is 19.1. The summed E-state index contributed by atoms with van der Waals surface area (Å²) in [6, 6.07) is 24.2. The van der Waals surface area contributed by atoms with Crippen LogP contribution in [0.15, 0.2) is 89.5 Å². The van der Waals surface area contributed by atoms with Gasteiger partial charge in [0.05, 0.1) is 5.71 Å². The van der Waals surface area contributed by atoms with Gasteiger partial charge >= 0.3 is 5.97 Å². The van der Waals surface area contributed by atoms with E-state index in [9.17, 15) is 4.79 Å². The third kappa shape index (κ3) is 6.45. The fourth-order valence-electron chi connectivity index (χ4n) is 3.37. The van der Waals surface area contributed by atoms with Gasteiger partial charge in [-0.2, -0.15) is 0 Å². The Hall–Kier alpha value is -4.65. The number of hydrogen-bond donors (Lipinski definition) is 2. The Morgan fingerprint density at radius 3 is 2.43 bits per heavy atom. The number of aryl methyl sites for hydroxylation is 1. The van der Waals surface area contributed by atoms with E-state index >= 15 is 0 Å². The smallest absolute Gasteiger partial charge is 0.328 e. The number of carboxylic acids is 1. The Bertz CT molecular complexity index is 1340. The zero-order valence-electron chi connectivity index (χ0n) is 19.1. The summed E-state index contributed by atoms with van der Waals surface area (Å²) < 4.78 is 16.9. The van der Waals surface area contributed by atoms with Crippen molar-refractivity contribution in [1.29, 1.82) is 5.41 Å². The molecule has 0 fully saturated rings. The van der Waals surface area contributed by atoms with E-state index in [1.54, 1.807) is 25.1 Å². The first-order valence-electron chi connectivity index (χ1n) is 10.9. The van der Waals surface area contributed by atoms with E-state index in [0.29, 0.717) is 46.4 Å². The lowest BCUT2D eigenvalue weighted by atomic mass is 10.0. The zero-order chi connectivity index (χ0) is 24.6. The van der Waals surface area contributed by atoms with Gasteiger partial charge in [0.25, 0.3) is 0 Å². The molecular weight excluding hydrogens is 444 g/mol. The molecule has 1 heterocycles. The number of ether oxygens (including phenoxy) is 2. The Balaban J connectivity index is 1.40. The van der Waals surface area contributed by atoms with Gasteiger partial charge in [0.1, 0.15) is 36.2 Å². The molecule has 35 heavy (non-hydrogen) atoms. The van der Waals surface area contributed by atoms with Gasteiger partial charge in [-0.3, -0.25) is 0 Å². The molecule has 0 aliphatic carbocycles. The van der Waals surface area contributed by atoms with E-state index in [1.807, 2.05) is 60.7 Å². The van der Waals surface area contributed by atoms with Gasteiger partial charge in [-0.15, -0.1) is 0 Å². The van der Waals surface area contributed by atoms with Crippen LogP contribution < -0.4 is 9.47 Å². The van der Waals surface area contributed by atoms with Crippen LogP contribution in [0, 0.1) is 12.3 Å². The minimum absolute atomic E-state index is 0.187. The molecule has 0 amide bonds. The van der Waals surface area contributed by atoms with Gasteiger partial charge in [-0.05, 0) is 54.0 Å². The standard InChI is InChI=1S/C28H24N2O5/c1-19-15-27(30-35-19)25-16-24(13-9-21(25)10-14-28(31)32)33-17-20-7-11-23(12-8-20)34-18-26(29)22-5-3-2-4-6-22/h2-16,29H,17-18H2,1H3,(H,31,32)/b14-10+,29-26?. The lowest BCUT2D eigenvalue weighted by Gasteiger charge is -2.11. The van der Waals surface area contributed by atoms with E-state index in [4.69, 9.17) is 24.5 Å². The molecule has 3 aromatic carbocycles. The molecule has 0 saturated carbocycles. The second-order valence-corrected chi connectivity index (χ2v) is 7.81. The Morgan fingerprint density at radius 2 is 1.74 bits per heavy atom. The van der Waals surface area contributed by atoms with Crippen molar-refractivity contribution in [2.45, 2.75) is 13.5 Å². The number of benzene rings is 3. The van der Waals surface area contributed by atoms with Crippen LogP contribution in [0.5, 0.6) is 11.5 Å². The normalized spacial score (nSPS) is 10.9. The molecule has 0 bridgehead atoms. The molecule has 0 radical (unpaired) electrons. The van der Waals surface area contributed by atoms with Crippen molar-refractivity contribution in [3.63, 3.8) is 0 Å². The quantitative estimate of drug-likeness (QED) is 0.226. The maximum atomic E-state index is 10.9. The fourth-order valence-corrected chi connectivity index (χ4v) is 3.37. The van der Waals surface area contributed by atoms with Crippen LogP contribution in [0.25, 0.3) is 17.3 Å². The van der Waals surface area contributed by atoms with Crippen molar-refractivity contribution < 1.29 is 23.9 Å². The third-order valence-electron chi connectivity index (χ3n) is 5.17. The lowest BCUT2D eigenvalue weighted by molar-refractivity contribution is -0.131. The first-order valence-corrected chi connectivity index (χ1v) is 10.9. The van der Waals surface area contributed by atoms with E-state index in [2.05, 4.69) is 5.16 Å².